The second-order valence-corrected chi connectivity index (χ2v) is 15.4. The SMILES string of the molecule is c1ccc(-c2nc(-c3ccc(-c4nc5ccccn5c4-c4ccc5ccccc5c4)cc3)nc(-c3ccc(-c4nc5ccccn5c4-c4ccc5ccccc5c4)cc3)n2)cc1. The summed E-state index contributed by atoms with van der Waals surface area (Å²) in [5, 5.41) is 4.79. The van der Waals surface area contributed by atoms with Gasteiger partial charge in [0.1, 0.15) is 11.3 Å². The van der Waals surface area contributed by atoms with Gasteiger partial charge in [0, 0.05) is 51.3 Å². The van der Waals surface area contributed by atoms with Gasteiger partial charge in [-0.1, -0.05) is 164 Å². The van der Waals surface area contributed by atoms with Crippen molar-refractivity contribution in [2.45, 2.75) is 0 Å². The Bertz CT molecular complexity index is 3410. The molecule has 0 atom stereocenters. The number of hydrogen-bond donors (Lipinski definition) is 0. The summed E-state index contributed by atoms with van der Waals surface area (Å²) >= 11 is 0. The third-order valence-corrected chi connectivity index (χ3v) is 11.6. The number of pyridine rings is 2. The lowest BCUT2D eigenvalue weighted by molar-refractivity contribution is 1.07. The van der Waals surface area contributed by atoms with Gasteiger partial charge in [0.15, 0.2) is 17.5 Å². The van der Waals surface area contributed by atoms with Crippen LogP contribution in [0.4, 0.5) is 0 Å². The monoisotopic (exact) mass is 793 g/mol. The fourth-order valence-corrected chi connectivity index (χ4v) is 8.52. The van der Waals surface area contributed by atoms with Crippen molar-refractivity contribution < 1.29 is 0 Å². The molecule has 0 spiro atoms. The fourth-order valence-electron chi connectivity index (χ4n) is 8.52. The van der Waals surface area contributed by atoms with E-state index in [4.69, 9.17) is 24.9 Å². The summed E-state index contributed by atoms with van der Waals surface area (Å²) in [4.78, 5) is 25.4. The molecule has 7 nitrogen and oxygen atoms in total. The van der Waals surface area contributed by atoms with Gasteiger partial charge < -0.3 is 0 Å². The Kier molecular flexibility index (Phi) is 8.35. The van der Waals surface area contributed by atoms with Crippen LogP contribution in [0.25, 0.3) is 112 Å². The highest BCUT2D eigenvalue weighted by molar-refractivity contribution is 5.92. The van der Waals surface area contributed by atoms with Crippen LogP contribution in [-0.4, -0.2) is 33.7 Å². The molecule has 62 heavy (non-hydrogen) atoms. The highest BCUT2D eigenvalue weighted by Crippen LogP contribution is 2.37. The van der Waals surface area contributed by atoms with Crippen LogP contribution in [0.5, 0.6) is 0 Å². The Morgan fingerprint density at radius 2 is 0.613 bits per heavy atom. The number of hydrogen-bond acceptors (Lipinski definition) is 5. The molecule has 0 radical (unpaired) electrons. The molecule has 0 N–H and O–H groups in total. The largest absolute Gasteiger partial charge is 0.299 e. The quantitative estimate of drug-likeness (QED) is 0.161. The zero-order valence-electron chi connectivity index (χ0n) is 33.3. The molecule has 0 aliphatic heterocycles. The van der Waals surface area contributed by atoms with E-state index in [1.807, 2.05) is 66.7 Å². The van der Waals surface area contributed by atoms with Gasteiger partial charge in [0.25, 0.3) is 0 Å². The van der Waals surface area contributed by atoms with Crippen molar-refractivity contribution >= 4 is 32.8 Å². The summed E-state index contributed by atoms with van der Waals surface area (Å²) in [6, 6.07) is 69.2. The Morgan fingerprint density at radius 1 is 0.258 bits per heavy atom. The minimum atomic E-state index is 0.591. The Labute approximate surface area is 357 Å². The predicted octanol–water partition coefficient (Wildman–Crippen LogP) is 13.1. The summed E-state index contributed by atoms with van der Waals surface area (Å²) < 4.78 is 4.34. The van der Waals surface area contributed by atoms with E-state index in [0.29, 0.717) is 17.5 Å². The van der Waals surface area contributed by atoms with E-state index in [-0.39, 0.29) is 0 Å². The van der Waals surface area contributed by atoms with Gasteiger partial charge >= 0.3 is 0 Å². The first-order valence-electron chi connectivity index (χ1n) is 20.7. The van der Waals surface area contributed by atoms with Crippen LogP contribution in [0, 0.1) is 0 Å². The van der Waals surface area contributed by atoms with Crippen molar-refractivity contribution in [2.24, 2.45) is 0 Å². The first-order chi connectivity index (χ1) is 30.7. The molecule has 12 rings (SSSR count). The third kappa shape index (κ3) is 6.19. The molecule has 0 aliphatic rings. The molecule has 0 fully saturated rings. The van der Waals surface area contributed by atoms with E-state index in [0.717, 1.165) is 73.0 Å². The maximum Gasteiger partial charge on any atom is 0.164 e. The lowest BCUT2D eigenvalue weighted by Gasteiger charge is -2.10. The lowest BCUT2D eigenvalue weighted by Crippen LogP contribution is -2.00. The molecule has 0 saturated heterocycles. The molecule has 0 bridgehead atoms. The van der Waals surface area contributed by atoms with Gasteiger partial charge in [-0.25, -0.2) is 24.9 Å². The minimum absolute atomic E-state index is 0.591. The average molecular weight is 794 g/mol. The van der Waals surface area contributed by atoms with E-state index < -0.39 is 0 Å². The number of benzene rings is 7. The minimum Gasteiger partial charge on any atom is -0.299 e. The molecule has 7 aromatic carbocycles. The predicted molar refractivity (Wildman–Crippen MR) is 250 cm³/mol. The van der Waals surface area contributed by atoms with Gasteiger partial charge in [0.2, 0.25) is 0 Å². The first kappa shape index (κ1) is 35.4. The first-order valence-corrected chi connectivity index (χ1v) is 20.7. The van der Waals surface area contributed by atoms with E-state index in [2.05, 4.69) is 155 Å². The Balaban J connectivity index is 0.932. The van der Waals surface area contributed by atoms with E-state index >= 15 is 0 Å². The van der Waals surface area contributed by atoms with Crippen molar-refractivity contribution in [3.63, 3.8) is 0 Å². The molecule has 290 valence electrons. The number of aromatic nitrogens is 7. The smallest absolute Gasteiger partial charge is 0.164 e. The lowest BCUT2D eigenvalue weighted by atomic mass is 10.0. The molecule has 0 amide bonds. The Hall–Kier alpha value is -8.55. The third-order valence-electron chi connectivity index (χ3n) is 11.6. The van der Waals surface area contributed by atoms with Gasteiger partial charge in [0.05, 0.1) is 22.8 Å². The second kappa shape index (κ2) is 14.6. The zero-order chi connectivity index (χ0) is 41.0. The average Bonchev–Trinajstić information content (AvgIpc) is 3.94. The van der Waals surface area contributed by atoms with Gasteiger partial charge in [-0.05, 0) is 57.9 Å². The topological polar surface area (TPSA) is 73.3 Å². The summed E-state index contributed by atoms with van der Waals surface area (Å²) in [7, 11) is 0. The number of nitrogens with zero attached hydrogens (tertiary/aromatic N) is 7. The fraction of sp³-hybridized carbons (Fsp3) is 0. The molecule has 0 aliphatic carbocycles. The van der Waals surface area contributed by atoms with Crippen LogP contribution in [-0.2, 0) is 0 Å². The number of rotatable bonds is 7. The number of imidazole rings is 2. The number of fused-ring (bicyclic) bond motifs is 4. The standard InChI is InChI=1S/C55H35N7/c1-2-14-40(15-3-1)53-58-54(41-26-22-38(23-27-41)49-51(61-32-10-8-18-47(61)56-49)45-30-20-36-12-4-6-16-43(36)34-45)60-55(59-53)42-28-24-39(25-29-42)50-52(62-33-11-9-19-48(62)57-50)46-31-21-37-13-5-7-17-44(37)35-46/h1-35H. The van der Waals surface area contributed by atoms with E-state index in [1.54, 1.807) is 0 Å². The van der Waals surface area contributed by atoms with Crippen molar-refractivity contribution in [3.05, 3.63) is 213 Å². The molecular weight excluding hydrogens is 759 g/mol. The summed E-state index contributed by atoms with van der Waals surface area (Å²) in [6.07, 6.45) is 4.16. The molecule has 0 saturated carbocycles. The van der Waals surface area contributed by atoms with Crippen molar-refractivity contribution in [1.82, 2.24) is 33.7 Å². The van der Waals surface area contributed by atoms with Gasteiger partial charge in [-0.15, -0.1) is 0 Å². The zero-order valence-corrected chi connectivity index (χ0v) is 33.3. The Morgan fingerprint density at radius 3 is 1.06 bits per heavy atom. The molecule has 5 heterocycles. The molecule has 5 aromatic heterocycles. The van der Waals surface area contributed by atoms with Crippen LogP contribution in [0.1, 0.15) is 0 Å². The van der Waals surface area contributed by atoms with E-state index in [9.17, 15) is 0 Å². The summed E-state index contributed by atoms with van der Waals surface area (Å²) in [5.41, 5.74) is 12.6. The van der Waals surface area contributed by atoms with Crippen molar-refractivity contribution in [1.29, 1.82) is 0 Å². The second-order valence-electron chi connectivity index (χ2n) is 15.4. The maximum absolute atomic E-state index is 5.14. The van der Waals surface area contributed by atoms with Crippen LogP contribution < -0.4 is 0 Å². The van der Waals surface area contributed by atoms with Crippen LogP contribution in [0.3, 0.4) is 0 Å². The van der Waals surface area contributed by atoms with Crippen LogP contribution in [0.2, 0.25) is 0 Å². The highest BCUT2D eigenvalue weighted by Gasteiger charge is 2.20. The summed E-state index contributed by atoms with van der Waals surface area (Å²) in [6.45, 7) is 0. The maximum atomic E-state index is 5.14. The van der Waals surface area contributed by atoms with Crippen molar-refractivity contribution in [2.75, 3.05) is 0 Å². The molecular formula is C55H35N7. The normalized spacial score (nSPS) is 11.5. The molecule has 12 aromatic rings. The summed E-state index contributed by atoms with van der Waals surface area (Å²) in [5.74, 6) is 1.79. The highest BCUT2D eigenvalue weighted by atomic mass is 15.0. The van der Waals surface area contributed by atoms with Crippen LogP contribution >= 0.6 is 0 Å². The van der Waals surface area contributed by atoms with Crippen molar-refractivity contribution in [3.8, 4) is 79.2 Å². The van der Waals surface area contributed by atoms with Gasteiger partial charge in [-0.3, -0.25) is 8.80 Å². The van der Waals surface area contributed by atoms with Gasteiger partial charge in [-0.2, -0.15) is 0 Å². The van der Waals surface area contributed by atoms with Crippen LogP contribution in [0.15, 0.2) is 213 Å². The van der Waals surface area contributed by atoms with E-state index in [1.165, 1.54) is 21.5 Å². The molecule has 0 unspecified atom stereocenters. The molecule has 7 heteroatoms.